The third-order valence-electron chi connectivity index (χ3n) is 3.36. The van der Waals surface area contributed by atoms with Gasteiger partial charge < -0.3 is 5.11 Å². The van der Waals surface area contributed by atoms with Crippen LogP contribution in [-0.4, -0.2) is 42.8 Å². The molecular weight excluding hydrogens is 226 g/mol. The third-order valence-corrected chi connectivity index (χ3v) is 5.34. The summed E-state index contributed by atoms with van der Waals surface area (Å²) in [7, 11) is -3.17. The van der Waals surface area contributed by atoms with Crippen LogP contribution in [0.25, 0.3) is 0 Å². The van der Waals surface area contributed by atoms with E-state index < -0.39 is 10.0 Å². The van der Waals surface area contributed by atoms with E-state index in [0.717, 1.165) is 19.3 Å². The fourth-order valence-corrected chi connectivity index (χ4v) is 4.25. The van der Waals surface area contributed by atoms with Gasteiger partial charge in [-0.25, -0.2) is 8.42 Å². The van der Waals surface area contributed by atoms with E-state index in [9.17, 15) is 13.5 Å². The summed E-state index contributed by atoms with van der Waals surface area (Å²) in [5.41, 5.74) is 0. The molecule has 1 rings (SSSR count). The zero-order chi connectivity index (χ0) is 12.2. The number of aliphatic hydroxyl groups excluding tert-OH is 1. The first-order chi connectivity index (χ1) is 7.53. The Labute approximate surface area is 98.7 Å². The molecule has 1 N–H and O–H groups in total. The first-order valence-corrected chi connectivity index (χ1v) is 7.74. The molecule has 2 atom stereocenters. The Bertz CT molecular complexity index is 302. The van der Waals surface area contributed by atoms with Crippen molar-refractivity contribution in [3.8, 4) is 0 Å². The highest BCUT2D eigenvalue weighted by atomic mass is 32.2. The predicted molar refractivity (Wildman–Crippen MR) is 64.7 cm³/mol. The number of sulfonamides is 1. The maximum atomic E-state index is 12.1. The van der Waals surface area contributed by atoms with Crippen LogP contribution in [0.5, 0.6) is 0 Å². The van der Waals surface area contributed by atoms with Crippen molar-refractivity contribution in [3.63, 3.8) is 0 Å². The zero-order valence-electron chi connectivity index (χ0n) is 10.2. The molecule has 1 saturated heterocycles. The lowest BCUT2D eigenvalue weighted by molar-refractivity contribution is 0.113. The SMILES string of the molecule is CCCCS(=O)(=O)N1CCCC(C)C1CO. The highest BCUT2D eigenvalue weighted by molar-refractivity contribution is 7.89. The summed E-state index contributed by atoms with van der Waals surface area (Å²) in [6.45, 7) is 4.51. The lowest BCUT2D eigenvalue weighted by Gasteiger charge is -2.37. The maximum absolute atomic E-state index is 12.1. The number of nitrogens with zero attached hydrogens (tertiary/aromatic N) is 1. The van der Waals surface area contributed by atoms with Crippen molar-refractivity contribution in [3.05, 3.63) is 0 Å². The summed E-state index contributed by atoms with van der Waals surface area (Å²) in [5, 5.41) is 9.31. The van der Waals surface area contributed by atoms with Gasteiger partial charge in [0.15, 0.2) is 0 Å². The molecule has 0 radical (unpaired) electrons. The summed E-state index contributed by atoms with van der Waals surface area (Å²) < 4.78 is 25.7. The van der Waals surface area contributed by atoms with E-state index in [1.807, 2.05) is 13.8 Å². The molecule has 0 spiro atoms. The number of piperidine rings is 1. The number of aliphatic hydroxyl groups is 1. The van der Waals surface area contributed by atoms with Crippen molar-refractivity contribution < 1.29 is 13.5 Å². The van der Waals surface area contributed by atoms with Gasteiger partial charge in [-0.2, -0.15) is 4.31 Å². The van der Waals surface area contributed by atoms with Gasteiger partial charge in [-0.05, 0) is 25.2 Å². The molecule has 0 aliphatic carbocycles. The molecule has 1 heterocycles. The van der Waals surface area contributed by atoms with E-state index in [2.05, 4.69) is 0 Å². The van der Waals surface area contributed by atoms with Crippen LogP contribution in [0.4, 0.5) is 0 Å². The molecule has 5 heteroatoms. The van der Waals surface area contributed by atoms with Crippen molar-refractivity contribution in [1.82, 2.24) is 4.31 Å². The minimum absolute atomic E-state index is 0.0630. The minimum Gasteiger partial charge on any atom is -0.395 e. The summed E-state index contributed by atoms with van der Waals surface area (Å²) in [6, 6.07) is -0.212. The number of rotatable bonds is 5. The van der Waals surface area contributed by atoms with E-state index in [-0.39, 0.29) is 24.3 Å². The largest absolute Gasteiger partial charge is 0.395 e. The van der Waals surface area contributed by atoms with Crippen LogP contribution < -0.4 is 0 Å². The molecule has 0 saturated carbocycles. The fourth-order valence-electron chi connectivity index (χ4n) is 2.27. The molecule has 96 valence electrons. The molecule has 2 unspecified atom stereocenters. The Kier molecular flexibility index (Phi) is 5.21. The van der Waals surface area contributed by atoms with Crippen LogP contribution in [0.2, 0.25) is 0 Å². The Balaban J connectivity index is 2.75. The Morgan fingerprint density at radius 2 is 2.12 bits per heavy atom. The van der Waals surface area contributed by atoms with Crippen molar-refractivity contribution in [2.75, 3.05) is 18.9 Å². The smallest absolute Gasteiger partial charge is 0.214 e. The molecule has 0 aromatic carbocycles. The summed E-state index contributed by atoms with van der Waals surface area (Å²) in [5.74, 6) is 0.474. The van der Waals surface area contributed by atoms with Gasteiger partial charge in [-0.15, -0.1) is 0 Å². The second-order valence-corrected chi connectivity index (χ2v) is 6.69. The van der Waals surface area contributed by atoms with Crippen LogP contribution in [0.3, 0.4) is 0 Å². The Hall–Kier alpha value is -0.130. The summed E-state index contributed by atoms with van der Waals surface area (Å²) >= 11 is 0. The molecule has 0 bridgehead atoms. The van der Waals surface area contributed by atoms with E-state index in [4.69, 9.17) is 0 Å². The number of hydrogen-bond donors (Lipinski definition) is 1. The van der Waals surface area contributed by atoms with Crippen LogP contribution in [0, 0.1) is 5.92 Å². The van der Waals surface area contributed by atoms with Crippen molar-refractivity contribution in [2.24, 2.45) is 5.92 Å². The molecule has 1 fully saturated rings. The van der Waals surface area contributed by atoms with E-state index in [0.29, 0.717) is 13.0 Å². The second-order valence-electron chi connectivity index (χ2n) is 4.65. The van der Waals surface area contributed by atoms with Gasteiger partial charge in [0.1, 0.15) is 0 Å². The van der Waals surface area contributed by atoms with E-state index in [1.165, 1.54) is 4.31 Å². The molecular formula is C11H23NO3S. The highest BCUT2D eigenvalue weighted by Gasteiger charge is 2.35. The lowest BCUT2D eigenvalue weighted by atomic mass is 9.93. The number of unbranched alkanes of at least 4 members (excludes halogenated alkanes) is 1. The molecule has 0 aromatic heterocycles. The first-order valence-electron chi connectivity index (χ1n) is 6.13. The first kappa shape index (κ1) is 13.9. The van der Waals surface area contributed by atoms with Gasteiger partial charge in [-0.3, -0.25) is 0 Å². The van der Waals surface area contributed by atoms with Gasteiger partial charge in [-0.1, -0.05) is 20.3 Å². The van der Waals surface area contributed by atoms with E-state index >= 15 is 0 Å². The quantitative estimate of drug-likeness (QED) is 0.796. The zero-order valence-corrected chi connectivity index (χ0v) is 11.0. The Morgan fingerprint density at radius 3 is 2.69 bits per heavy atom. The molecule has 4 nitrogen and oxygen atoms in total. The fraction of sp³-hybridized carbons (Fsp3) is 1.00. The molecule has 1 aliphatic rings. The van der Waals surface area contributed by atoms with Gasteiger partial charge in [0, 0.05) is 6.54 Å². The Morgan fingerprint density at radius 1 is 1.44 bits per heavy atom. The average molecular weight is 249 g/mol. The van der Waals surface area contributed by atoms with Gasteiger partial charge >= 0.3 is 0 Å². The molecule has 16 heavy (non-hydrogen) atoms. The van der Waals surface area contributed by atoms with Crippen molar-refractivity contribution in [1.29, 1.82) is 0 Å². The van der Waals surface area contributed by atoms with Crippen LogP contribution in [0.1, 0.15) is 39.5 Å². The monoisotopic (exact) mass is 249 g/mol. The van der Waals surface area contributed by atoms with Crippen LogP contribution in [0.15, 0.2) is 0 Å². The van der Waals surface area contributed by atoms with Crippen molar-refractivity contribution in [2.45, 2.75) is 45.6 Å². The third kappa shape index (κ3) is 3.18. The standard InChI is InChI=1S/C11H23NO3S/c1-3-4-8-16(14,15)12-7-5-6-10(2)11(12)9-13/h10-11,13H,3-9H2,1-2H3. The van der Waals surface area contributed by atoms with Gasteiger partial charge in [0.2, 0.25) is 10.0 Å². The predicted octanol–water partition coefficient (Wildman–Crippen LogP) is 1.21. The van der Waals surface area contributed by atoms with Gasteiger partial charge in [0.05, 0.1) is 18.4 Å². The topological polar surface area (TPSA) is 57.6 Å². The number of hydrogen-bond acceptors (Lipinski definition) is 3. The van der Waals surface area contributed by atoms with Crippen molar-refractivity contribution >= 4 is 10.0 Å². The summed E-state index contributed by atoms with van der Waals surface area (Å²) in [6.07, 6.45) is 3.49. The van der Waals surface area contributed by atoms with Crippen LogP contribution >= 0.6 is 0 Å². The second kappa shape index (κ2) is 5.98. The lowest BCUT2D eigenvalue weighted by Crippen LogP contribution is -2.50. The molecule has 0 aromatic rings. The van der Waals surface area contributed by atoms with Crippen LogP contribution in [-0.2, 0) is 10.0 Å². The average Bonchev–Trinajstić information content (AvgIpc) is 2.26. The summed E-state index contributed by atoms with van der Waals surface area (Å²) in [4.78, 5) is 0. The molecule has 1 aliphatic heterocycles. The molecule has 0 amide bonds. The normalized spacial score (nSPS) is 28.2. The minimum atomic E-state index is -3.17. The van der Waals surface area contributed by atoms with Gasteiger partial charge in [0.25, 0.3) is 0 Å². The maximum Gasteiger partial charge on any atom is 0.214 e. The van der Waals surface area contributed by atoms with E-state index in [1.54, 1.807) is 0 Å². The highest BCUT2D eigenvalue weighted by Crippen LogP contribution is 2.26.